The first-order valence-corrected chi connectivity index (χ1v) is 3.95. The van der Waals surface area contributed by atoms with Crippen LogP contribution in [0, 0.1) is 5.92 Å². The summed E-state index contributed by atoms with van der Waals surface area (Å²) in [6.07, 6.45) is 2.49. The van der Waals surface area contributed by atoms with E-state index in [9.17, 15) is 4.79 Å². The van der Waals surface area contributed by atoms with Crippen LogP contribution in [0.25, 0.3) is 0 Å². The number of ketones is 1. The Morgan fingerprint density at radius 1 is 1.60 bits per heavy atom. The molecule has 0 aromatic rings. The Labute approximate surface area is 62.8 Å². The lowest BCUT2D eigenvalue weighted by Gasteiger charge is -2.06. The maximum Gasteiger partial charge on any atom is 0.135 e. The average Bonchev–Trinajstić information content (AvgIpc) is 1.89. The summed E-state index contributed by atoms with van der Waals surface area (Å²) in [5, 5.41) is 0. The van der Waals surface area contributed by atoms with Crippen LogP contribution in [0.5, 0.6) is 0 Å². The third kappa shape index (κ3) is 3.62. The van der Waals surface area contributed by atoms with Gasteiger partial charge in [0.25, 0.3) is 0 Å². The van der Waals surface area contributed by atoms with Gasteiger partial charge >= 0.3 is 0 Å². The SMILES string of the molecule is CCCC(=O)C(C)CCN. The van der Waals surface area contributed by atoms with Gasteiger partial charge in [-0.15, -0.1) is 0 Å². The summed E-state index contributed by atoms with van der Waals surface area (Å²) >= 11 is 0. The monoisotopic (exact) mass is 143 g/mol. The van der Waals surface area contributed by atoms with Gasteiger partial charge in [0.15, 0.2) is 0 Å². The lowest BCUT2D eigenvalue weighted by atomic mass is 9.99. The summed E-state index contributed by atoms with van der Waals surface area (Å²) < 4.78 is 0. The second-order valence-electron chi connectivity index (χ2n) is 2.69. The maximum atomic E-state index is 11.1. The molecule has 2 heteroatoms. The summed E-state index contributed by atoms with van der Waals surface area (Å²) in [6.45, 7) is 4.59. The van der Waals surface area contributed by atoms with E-state index in [1.807, 2.05) is 13.8 Å². The molecule has 60 valence electrons. The predicted octanol–water partition coefficient (Wildman–Crippen LogP) is 1.34. The molecule has 2 nitrogen and oxygen atoms in total. The number of carbonyl (C=O) groups excluding carboxylic acids is 1. The number of nitrogens with two attached hydrogens (primary N) is 1. The molecule has 1 unspecified atom stereocenters. The van der Waals surface area contributed by atoms with E-state index in [0.717, 1.165) is 12.8 Å². The van der Waals surface area contributed by atoms with E-state index in [-0.39, 0.29) is 5.92 Å². The van der Waals surface area contributed by atoms with Crippen molar-refractivity contribution in [1.29, 1.82) is 0 Å². The second-order valence-corrected chi connectivity index (χ2v) is 2.69. The normalized spacial score (nSPS) is 13.1. The zero-order valence-corrected chi connectivity index (χ0v) is 6.89. The van der Waals surface area contributed by atoms with Gasteiger partial charge in [-0.05, 0) is 19.4 Å². The molecule has 0 aliphatic carbocycles. The van der Waals surface area contributed by atoms with Crippen LogP contribution in [0.15, 0.2) is 0 Å². The average molecular weight is 143 g/mol. The van der Waals surface area contributed by atoms with E-state index < -0.39 is 0 Å². The van der Waals surface area contributed by atoms with Crippen LogP contribution in [-0.4, -0.2) is 12.3 Å². The summed E-state index contributed by atoms with van der Waals surface area (Å²) in [7, 11) is 0. The molecule has 0 radical (unpaired) electrons. The van der Waals surface area contributed by atoms with Crippen LogP contribution >= 0.6 is 0 Å². The van der Waals surface area contributed by atoms with Crippen molar-refractivity contribution >= 4 is 5.78 Å². The molecule has 0 aliphatic rings. The van der Waals surface area contributed by atoms with Crippen molar-refractivity contribution in [3.05, 3.63) is 0 Å². The van der Waals surface area contributed by atoms with Gasteiger partial charge in [0.1, 0.15) is 5.78 Å². The molecule has 0 aromatic carbocycles. The summed E-state index contributed by atoms with van der Waals surface area (Å²) in [5.74, 6) is 0.526. The topological polar surface area (TPSA) is 43.1 Å². The van der Waals surface area contributed by atoms with Crippen LogP contribution < -0.4 is 5.73 Å². The van der Waals surface area contributed by atoms with Gasteiger partial charge in [-0.25, -0.2) is 0 Å². The first kappa shape index (κ1) is 9.63. The Morgan fingerprint density at radius 3 is 2.60 bits per heavy atom. The summed E-state index contributed by atoms with van der Waals surface area (Å²) in [5.41, 5.74) is 5.31. The smallest absolute Gasteiger partial charge is 0.135 e. The highest BCUT2D eigenvalue weighted by Gasteiger charge is 2.09. The van der Waals surface area contributed by atoms with Gasteiger partial charge in [0, 0.05) is 12.3 Å². The highest BCUT2D eigenvalue weighted by Crippen LogP contribution is 2.05. The Morgan fingerprint density at radius 2 is 2.20 bits per heavy atom. The Kier molecular flexibility index (Phi) is 5.22. The minimum Gasteiger partial charge on any atom is -0.330 e. The molecule has 0 fully saturated rings. The van der Waals surface area contributed by atoms with Gasteiger partial charge in [-0.1, -0.05) is 13.8 Å². The number of Topliss-reactive ketones (excluding diaryl/α,β-unsaturated/α-hetero) is 1. The molecule has 0 aliphatic heterocycles. The van der Waals surface area contributed by atoms with E-state index in [2.05, 4.69) is 0 Å². The van der Waals surface area contributed by atoms with Crippen molar-refractivity contribution in [2.45, 2.75) is 33.1 Å². The number of hydrogen-bond donors (Lipinski definition) is 1. The van der Waals surface area contributed by atoms with Crippen LogP contribution in [0.2, 0.25) is 0 Å². The predicted molar refractivity (Wildman–Crippen MR) is 42.8 cm³/mol. The van der Waals surface area contributed by atoms with E-state index in [1.165, 1.54) is 0 Å². The molecule has 10 heavy (non-hydrogen) atoms. The molecular weight excluding hydrogens is 126 g/mol. The first-order valence-electron chi connectivity index (χ1n) is 3.95. The zero-order chi connectivity index (χ0) is 7.98. The van der Waals surface area contributed by atoms with E-state index in [0.29, 0.717) is 18.7 Å². The Bertz CT molecular complexity index is 101. The van der Waals surface area contributed by atoms with Crippen LogP contribution in [0.3, 0.4) is 0 Å². The molecule has 2 N–H and O–H groups in total. The van der Waals surface area contributed by atoms with Crippen molar-refractivity contribution in [1.82, 2.24) is 0 Å². The van der Waals surface area contributed by atoms with Crippen LogP contribution in [0.1, 0.15) is 33.1 Å². The van der Waals surface area contributed by atoms with Crippen LogP contribution in [-0.2, 0) is 4.79 Å². The molecule has 0 heterocycles. The largest absolute Gasteiger partial charge is 0.330 e. The maximum absolute atomic E-state index is 11.1. The third-order valence-corrected chi connectivity index (χ3v) is 1.65. The minimum atomic E-state index is 0.171. The summed E-state index contributed by atoms with van der Waals surface area (Å²) in [4.78, 5) is 11.1. The molecule has 0 saturated carbocycles. The molecule has 0 aromatic heterocycles. The number of hydrogen-bond acceptors (Lipinski definition) is 2. The van der Waals surface area contributed by atoms with Crippen LogP contribution in [0.4, 0.5) is 0 Å². The first-order chi connectivity index (χ1) is 4.72. The fraction of sp³-hybridized carbons (Fsp3) is 0.875. The lowest BCUT2D eigenvalue weighted by Crippen LogP contribution is -2.14. The molecule has 0 rings (SSSR count). The fourth-order valence-corrected chi connectivity index (χ4v) is 0.904. The van der Waals surface area contributed by atoms with E-state index in [4.69, 9.17) is 5.73 Å². The fourth-order valence-electron chi connectivity index (χ4n) is 0.904. The molecule has 1 atom stereocenters. The van der Waals surface area contributed by atoms with E-state index in [1.54, 1.807) is 0 Å². The highest BCUT2D eigenvalue weighted by atomic mass is 16.1. The van der Waals surface area contributed by atoms with Crippen molar-refractivity contribution in [2.75, 3.05) is 6.54 Å². The van der Waals surface area contributed by atoms with Gasteiger partial charge in [0.05, 0.1) is 0 Å². The third-order valence-electron chi connectivity index (χ3n) is 1.65. The van der Waals surface area contributed by atoms with Crippen molar-refractivity contribution < 1.29 is 4.79 Å². The number of rotatable bonds is 5. The van der Waals surface area contributed by atoms with Gasteiger partial charge in [-0.2, -0.15) is 0 Å². The molecule has 0 spiro atoms. The quantitative estimate of drug-likeness (QED) is 0.631. The van der Waals surface area contributed by atoms with Crippen molar-refractivity contribution in [2.24, 2.45) is 11.7 Å². The molecule has 0 saturated heterocycles. The van der Waals surface area contributed by atoms with Gasteiger partial charge < -0.3 is 5.73 Å². The standard InChI is InChI=1S/C8H17NO/c1-3-4-8(10)7(2)5-6-9/h7H,3-6,9H2,1-2H3. The lowest BCUT2D eigenvalue weighted by molar-refractivity contribution is -0.122. The highest BCUT2D eigenvalue weighted by molar-refractivity contribution is 5.80. The molecule has 0 amide bonds. The van der Waals surface area contributed by atoms with Gasteiger partial charge in [-0.3, -0.25) is 4.79 Å². The van der Waals surface area contributed by atoms with Crippen molar-refractivity contribution in [3.63, 3.8) is 0 Å². The molecular formula is C8H17NO. The second kappa shape index (κ2) is 5.42. The number of carbonyl (C=O) groups is 1. The minimum absolute atomic E-state index is 0.171. The zero-order valence-electron chi connectivity index (χ0n) is 6.89. The van der Waals surface area contributed by atoms with Gasteiger partial charge in [0.2, 0.25) is 0 Å². The Hall–Kier alpha value is -0.370. The van der Waals surface area contributed by atoms with E-state index >= 15 is 0 Å². The molecule has 0 bridgehead atoms. The summed E-state index contributed by atoms with van der Waals surface area (Å²) in [6, 6.07) is 0. The van der Waals surface area contributed by atoms with Crippen molar-refractivity contribution in [3.8, 4) is 0 Å². The Balaban J connectivity index is 3.49.